The van der Waals surface area contributed by atoms with Crippen LogP contribution in [0.5, 0.6) is 0 Å². The highest BCUT2D eigenvalue weighted by atomic mass is 19.1. The van der Waals surface area contributed by atoms with Crippen molar-refractivity contribution in [2.24, 2.45) is 0 Å². The molecule has 0 aliphatic heterocycles. The zero-order valence-corrected chi connectivity index (χ0v) is 17.0. The van der Waals surface area contributed by atoms with Crippen LogP contribution < -0.4 is 10.6 Å². The molecule has 0 atom stereocenters. The van der Waals surface area contributed by atoms with Crippen LogP contribution in [-0.4, -0.2) is 58.3 Å². The van der Waals surface area contributed by atoms with Gasteiger partial charge in [-0.15, -0.1) is 15.3 Å². The number of rotatable bonds is 11. The maximum atomic E-state index is 13.3. The molecule has 10 heteroatoms. The van der Waals surface area contributed by atoms with Gasteiger partial charge in [0.05, 0.1) is 6.54 Å². The molecule has 1 aromatic carbocycles. The second-order valence-electron chi connectivity index (χ2n) is 6.34. The Bertz CT molecular complexity index is 974. The number of carbonyl (C=O) groups is 1. The summed E-state index contributed by atoms with van der Waals surface area (Å²) >= 11 is 0. The molecular formula is C20H25FN6O3. The maximum absolute atomic E-state index is 13.3. The van der Waals surface area contributed by atoms with Crippen molar-refractivity contribution in [1.82, 2.24) is 25.1 Å². The number of anilines is 1. The summed E-state index contributed by atoms with van der Waals surface area (Å²) in [6.45, 7) is 5.68. The van der Waals surface area contributed by atoms with Gasteiger partial charge in [0.1, 0.15) is 11.6 Å². The Kier molecular flexibility index (Phi) is 7.63. The van der Waals surface area contributed by atoms with Gasteiger partial charge in [0.25, 0.3) is 5.91 Å². The van der Waals surface area contributed by atoms with Crippen molar-refractivity contribution in [2.75, 3.05) is 31.6 Å². The van der Waals surface area contributed by atoms with Crippen molar-refractivity contribution in [1.29, 1.82) is 0 Å². The lowest BCUT2D eigenvalue weighted by atomic mass is 10.2. The van der Waals surface area contributed by atoms with Gasteiger partial charge in [-0.1, -0.05) is 6.07 Å². The van der Waals surface area contributed by atoms with Gasteiger partial charge in [0, 0.05) is 31.7 Å². The molecule has 0 aliphatic carbocycles. The lowest BCUT2D eigenvalue weighted by Crippen LogP contribution is -2.27. The third-order valence-electron chi connectivity index (χ3n) is 4.20. The van der Waals surface area contributed by atoms with E-state index in [0.29, 0.717) is 50.0 Å². The van der Waals surface area contributed by atoms with Crippen molar-refractivity contribution < 1.29 is 18.7 Å². The minimum absolute atomic E-state index is 0.267. The zero-order valence-electron chi connectivity index (χ0n) is 17.0. The first-order valence-electron chi connectivity index (χ1n) is 9.83. The number of benzene rings is 1. The van der Waals surface area contributed by atoms with E-state index in [-0.39, 0.29) is 17.8 Å². The second kappa shape index (κ2) is 10.6. The van der Waals surface area contributed by atoms with E-state index in [9.17, 15) is 9.18 Å². The van der Waals surface area contributed by atoms with E-state index in [1.165, 1.54) is 18.2 Å². The lowest BCUT2D eigenvalue weighted by molar-refractivity contribution is -0.126. The molecule has 160 valence electrons. The van der Waals surface area contributed by atoms with Crippen LogP contribution in [0.2, 0.25) is 0 Å². The Labute approximate surface area is 173 Å². The van der Waals surface area contributed by atoms with E-state index in [1.54, 1.807) is 22.7 Å². The number of hydrogen-bond acceptors (Lipinski definition) is 7. The third-order valence-corrected chi connectivity index (χ3v) is 4.20. The molecule has 2 heterocycles. The van der Waals surface area contributed by atoms with Crippen molar-refractivity contribution in [3.8, 4) is 0 Å². The molecule has 0 bridgehead atoms. The molecule has 0 unspecified atom stereocenters. The molecule has 0 aliphatic rings. The largest absolute Gasteiger partial charge is 0.364 e. The molecule has 0 spiro atoms. The number of ether oxygens (including phenoxy) is 2. The Morgan fingerprint density at radius 1 is 1.17 bits per heavy atom. The molecule has 1 amide bonds. The summed E-state index contributed by atoms with van der Waals surface area (Å²) in [7, 11) is 0. The molecule has 0 saturated carbocycles. The van der Waals surface area contributed by atoms with Crippen molar-refractivity contribution in [3.63, 3.8) is 0 Å². The first-order chi connectivity index (χ1) is 14.6. The van der Waals surface area contributed by atoms with Crippen LogP contribution >= 0.6 is 0 Å². The molecule has 2 aromatic heterocycles. The first kappa shape index (κ1) is 21.6. The molecular weight excluding hydrogens is 391 g/mol. The monoisotopic (exact) mass is 416 g/mol. The number of fused-ring (bicyclic) bond motifs is 1. The zero-order chi connectivity index (χ0) is 21.3. The highest BCUT2D eigenvalue weighted by molar-refractivity contribution is 5.94. The number of aromatic nitrogens is 4. The molecule has 0 saturated heterocycles. The van der Waals surface area contributed by atoms with Crippen LogP contribution in [-0.2, 0) is 15.9 Å². The molecule has 9 nitrogen and oxygen atoms in total. The molecule has 0 fully saturated rings. The van der Waals surface area contributed by atoms with Gasteiger partial charge < -0.3 is 20.1 Å². The fraction of sp³-hybridized carbons (Fsp3) is 0.400. The fourth-order valence-corrected chi connectivity index (χ4v) is 2.83. The summed E-state index contributed by atoms with van der Waals surface area (Å²) in [6, 6.07) is 9.14. The maximum Gasteiger partial charge on any atom is 0.251 e. The van der Waals surface area contributed by atoms with Gasteiger partial charge in [0.2, 0.25) is 0 Å². The van der Waals surface area contributed by atoms with E-state index < -0.39 is 5.82 Å². The van der Waals surface area contributed by atoms with E-state index in [4.69, 9.17) is 9.47 Å². The molecule has 3 rings (SSSR count). The van der Waals surface area contributed by atoms with E-state index in [0.717, 1.165) is 0 Å². The van der Waals surface area contributed by atoms with Crippen molar-refractivity contribution in [2.45, 2.75) is 26.6 Å². The fourth-order valence-electron chi connectivity index (χ4n) is 2.83. The Hall–Kier alpha value is -3.11. The topological polar surface area (TPSA) is 103 Å². The second-order valence-corrected chi connectivity index (χ2v) is 6.34. The summed E-state index contributed by atoms with van der Waals surface area (Å²) in [5.74, 6) is 0.416. The van der Waals surface area contributed by atoms with Gasteiger partial charge >= 0.3 is 0 Å². The number of halogens is 1. The van der Waals surface area contributed by atoms with Gasteiger partial charge in [-0.3, -0.25) is 4.79 Å². The summed E-state index contributed by atoms with van der Waals surface area (Å²) in [4.78, 5) is 12.1. The number of amides is 1. The number of nitrogens with one attached hydrogen (secondary N) is 2. The van der Waals surface area contributed by atoms with Gasteiger partial charge in [-0.25, -0.2) is 4.39 Å². The first-order valence-corrected chi connectivity index (χ1v) is 9.83. The Balaban J connectivity index is 1.59. The summed E-state index contributed by atoms with van der Waals surface area (Å²) < 4.78 is 25.9. The van der Waals surface area contributed by atoms with Crippen molar-refractivity contribution in [3.05, 3.63) is 53.6 Å². The van der Waals surface area contributed by atoms with Crippen LogP contribution in [0.4, 0.5) is 10.2 Å². The minimum atomic E-state index is -0.453. The van der Waals surface area contributed by atoms with E-state index >= 15 is 0 Å². The quantitative estimate of drug-likeness (QED) is 0.461. The summed E-state index contributed by atoms with van der Waals surface area (Å²) in [5.41, 5.74) is 0.863. The molecule has 3 aromatic rings. The van der Waals surface area contributed by atoms with E-state index in [2.05, 4.69) is 25.9 Å². The van der Waals surface area contributed by atoms with Gasteiger partial charge in [0.15, 0.2) is 17.8 Å². The van der Waals surface area contributed by atoms with Gasteiger partial charge in [-0.05, 0) is 44.2 Å². The predicted octanol–water partition coefficient (Wildman–Crippen LogP) is 2.05. The highest BCUT2D eigenvalue weighted by Crippen LogP contribution is 2.09. The van der Waals surface area contributed by atoms with Crippen molar-refractivity contribution >= 4 is 17.4 Å². The molecule has 30 heavy (non-hydrogen) atoms. The average molecular weight is 416 g/mol. The van der Waals surface area contributed by atoms with Gasteiger partial charge in [-0.2, -0.15) is 4.52 Å². The standard InChI is InChI=1S/C20H25FN6O3/c1-3-29-19(30-4-2)13-23-16-8-9-17-24-25-18(27(17)26-16)10-11-22-20(28)14-6-5-7-15(21)12-14/h5-9,12,19H,3-4,10-11,13H2,1-2H3,(H,22,28)(H,23,26). The normalized spacial score (nSPS) is 11.2. The Morgan fingerprint density at radius 2 is 1.97 bits per heavy atom. The minimum Gasteiger partial charge on any atom is -0.364 e. The summed E-state index contributed by atoms with van der Waals surface area (Å²) in [6.07, 6.45) is 0.0510. The van der Waals surface area contributed by atoms with Crippen LogP contribution in [0.25, 0.3) is 5.65 Å². The average Bonchev–Trinajstić information content (AvgIpc) is 3.14. The van der Waals surface area contributed by atoms with Crippen LogP contribution in [0.1, 0.15) is 30.0 Å². The highest BCUT2D eigenvalue weighted by Gasteiger charge is 2.12. The number of nitrogens with zero attached hydrogens (tertiary/aromatic N) is 4. The smallest absolute Gasteiger partial charge is 0.251 e. The SMILES string of the molecule is CCOC(CNc1ccc2nnc(CCNC(=O)c3cccc(F)c3)n2n1)OCC. The number of carbonyl (C=O) groups excluding carboxylic acids is 1. The molecule has 2 N–H and O–H groups in total. The lowest BCUT2D eigenvalue weighted by Gasteiger charge is -2.17. The van der Waals surface area contributed by atoms with Crippen LogP contribution in [0.3, 0.4) is 0 Å². The third kappa shape index (κ3) is 5.71. The molecule has 0 radical (unpaired) electrons. The summed E-state index contributed by atoms with van der Waals surface area (Å²) in [5, 5.41) is 18.7. The van der Waals surface area contributed by atoms with Crippen LogP contribution in [0, 0.1) is 5.82 Å². The predicted molar refractivity (Wildman–Crippen MR) is 109 cm³/mol. The van der Waals surface area contributed by atoms with Crippen LogP contribution in [0.15, 0.2) is 36.4 Å². The Morgan fingerprint density at radius 3 is 2.70 bits per heavy atom. The van der Waals surface area contributed by atoms with E-state index in [1.807, 2.05) is 13.8 Å². The number of hydrogen-bond donors (Lipinski definition) is 2.